The van der Waals surface area contributed by atoms with Crippen LogP contribution in [-0.2, 0) is 4.79 Å². The Morgan fingerprint density at radius 3 is 2.77 bits per heavy atom. The van der Waals surface area contributed by atoms with Crippen LogP contribution >= 0.6 is 12.4 Å². The number of likely N-dealkylation sites (N-methyl/N-ethyl adjacent to an activating group) is 1. The molecule has 2 aliphatic rings. The molecule has 26 heavy (non-hydrogen) atoms. The van der Waals surface area contributed by atoms with Crippen LogP contribution in [0.2, 0.25) is 0 Å². The van der Waals surface area contributed by atoms with Crippen LogP contribution in [0.1, 0.15) is 19.3 Å². The molecule has 0 unspecified atom stereocenters. The number of hydrogen-bond acceptors (Lipinski definition) is 6. The fourth-order valence-electron chi connectivity index (χ4n) is 3.37. The molecule has 2 heterocycles. The van der Waals surface area contributed by atoms with Gasteiger partial charge in [0.05, 0.1) is 13.2 Å². The first-order valence-electron chi connectivity index (χ1n) is 8.78. The summed E-state index contributed by atoms with van der Waals surface area (Å²) in [4.78, 5) is 15.2. The van der Waals surface area contributed by atoms with Crippen LogP contribution in [0.25, 0.3) is 0 Å². The van der Waals surface area contributed by atoms with Gasteiger partial charge >= 0.3 is 5.97 Å². The lowest BCUT2D eigenvalue weighted by Crippen LogP contribution is -2.45. The van der Waals surface area contributed by atoms with Crippen LogP contribution in [-0.4, -0.2) is 73.5 Å². The van der Waals surface area contributed by atoms with Crippen LogP contribution < -0.4 is 14.2 Å². The standard InChI is InChI=1S/C18H26N2O5.ClH/c1-19(12-18(21)22)14-5-8-20(9-6-14)7-2-10-23-15-3-4-16-17(11-15)25-13-24-16;/h3-4,11,14H,2,5-10,12-13H2,1H3,(H,21,22);1H. The molecule has 0 bridgehead atoms. The van der Waals surface area contributed by atoms with Gasteiger partial charge in [0.25, 0.3) is 0 Å². The lowest BCUT2D eigenvalue weighted by atomic mass is 10.0. The fraction of sp³-hybridized carbons (Fsp3) is 0.611. The topological polar surface area (TPSA) is 71.5 Å². The Bertz CT molecular complexity index is 593. The number of likely N-dealkylation sites (tertiary alicyclic amines) is 1. The molecule has 3 rings (SSSR count). The highest BCUT2D eigenvalue weighted by molar-refractivity contribution is 5.85. The highest BCUT2D eigenvalue weighted by Crippen LogP contribution is 2.35. The van der Waals surface area contributed by atoms with E-state index in [0.29, 0.717) is 12.6 Å². The minimum atomic E-state index is -0.759. The van der Waals surface area contributed by atoms with Crippen LogP contribution in [0.3, 0.4) is 0 Å². The van der Waals surface area contributed by atoms with Crippen molar-refractivity contribution in [2.75, 3.05) is 46.6 Å². The van der Waals surface area contributed by atoms with Crippen LogP contribution in [0.15, 0.2) is 18.2 Å². The van der Waals surface area contributed by atoms with E-state index in [4.69, 9.17) is 19.3 Å². The average Bonchev–Trinajstić information content (AvgIpc) is 3.06. The zero-order valence-electron chi connectivity index (χ0n) is 15.1. The first-order chi connectivity index (χ1) is 12.1. The number of carboxylic acids is 1. The second-order valence-corrected chi connectivity index (χ2v) is 6.60. The van der Waals surface area contributed by atoms with E-state index in [2.05, 4.69) is 4.90 Å². The molecule has 0 amide bonds. The molecule has 8 heteroatoms. The maximum Gasteiger partial charge on any atom is 0.317 e. The number of carbonyl (C=O) groups is 1. The summed E-state index contributed by atoms with van der Waals surface area (Å²) in [6.07, 6.45) is 3.00. The summed E-state index contributed by atoms with van der Waals surface area (Å²) in [7, 11) is 1.90. The smallest absolute Gasteiger partial charge is 0.317 e. The lowest BCUT2D eigenvalue weighted by Gasteiger charge is -2.36. The number of halogens is 1. The molecule has 1 aromatic carbocycles. The summed E-state index contributed by atoms with van der Waals surface area (Å²) < 4.78 is 16.4. The van der Waals surface area contributed by atoms with E-state index in [1.165, 1.54) is 0 Å². The van der Waals surface area contributed by atoms with E-state index in [1.807, 2.05) is 30.1 Å². The van der Waals surface area contributed by atoms with E-state index < -0.39 is 5.97 Å². The molecule has 0 saturated carbocycles. The van der Waals surface area contributed by atoms with Crippen molar-refractivity contribution in [1.29, 1.82) is 0 Å². The molecule has 146 valence electrons. The number of carboxylic acid groups (broad SMARTS) is 1. The first-order valence-corrected chi connectivity index (χ1v) is 8.78. The molecule has 7 nitrogen and oxygen atoms in total. The van der Waals surface area contributed by atoms with E-state index in [9.17, 15) is 4.79 Å². The van der Waals surface area contributed by atoms with Crippen molar-refractivity contribution in [1.82, 2.24) is 9.80 Å². The SMILES string of the molecule is CN(CC(=O)O)C1CCN(CCCOc2ccc3c(c2)OCO3)CC1.Cl. The van der Waals surface area contributed by atoms with Gasteiger partial charge in [0.2, 0.25) is 6.79 Å². The van der Waals surface area contributed by atoms with E-state index in [0.717, 1.165) is 56.1 Å². The zero-order chi connectivity index (χ0) is 17.6. The van der Waals surface area contributed by atoms with Gasteiger partial charge in [0, 0.05) is 18.7 Å². The van der Waals surface area contributed by atoms with Gasteiger partial charge in [-0.05, 0) is 51.5 Å². The van der Waals surface area contributed by atoms with Crippen molar-refractivity contribution >= 4 is 18.4 Å². The molecular weight excluding hydrogens is 360 g/mol. The summed E-state index contributed by atoms with van der Waals surface area (Å²) >= 11 is 0. The van der Waals surface area contributed by atoms with Gasteiger partial charge < -0.3 is 24.2 Å². The van der Waals surface area contributed by atoms with Gasteiger partial charge in [-0.2, -0.15) is 0 Å². The number of fused-ring (bicyclic) bond motifs is 1. The minimum absolute atomic E-state index is 0. The Kier molecular flexibility index (Phi) is 7.81. The lowest BCUT2D eigenvalue weighted by molar-refractivity contribution is -0.138. The van der Waals surface area contributed by atoms with E-state index >= 15 is 0 Å². The van der Waals surface area contributed by atoms with Gasteiger partial charge in [-0.3, -0.25) is 9.69 Å². The number of rotatable bonds is 8. The van der Waals surface area contributed by atoms with Crippen LogP contribution in [0, 0.1) is 0 Å². The maximum absolute atomic E-state index is 10.8. The highest BCUT2D eigenvalue weighted by atomic mass is 35.5. The third-order valence-electron chi connectivity index (χ3n) is 4.80. The monoisotopic (exact) mass is 386 g/mol. The molecule has 0 aliphatic carbocycles. The maximum atomic E-state index is 10.8. The van der Waals surface area contributed by atoms with Gasteiger partial charge in [0.15, 0.2) is 11.5 Å². The fourth-order valence-corrected chi connectivity index (χ4v) is 3.37. The van der Waals surface area contributed by atoms with Crippen LogP contribution in [0.5, 0.6) is 17.2 Å². The molecule has 0 aromatic heterocycles. The Balaban J connectivity index is 0.00000243. The second kappa shape index (κ2) is 9.85. The molecule has 1 N–H and O–H groups in total. The average molecular weight is 387 g/mol. The highest BCUT2D eigenvalue weighted by Gasteiger charge is 2.23. The molecule has 0 spiro atoms. The van der Waals surface area contributed by atoms with Crippen molar-refractivity contribution in [3.8, 4) is 17.2 Å². The molecule has 0 radical (unpaired) electrons. The minimum Gasteiger partial charge on any atom is -0.493 e. The third-order valence-corrected chi connectivity index (χ3v) is 4.80. The summed E-state index contributed by atoms with van der Waals surface area (Å²) in [6, 6.07) is 6.01. The number of piperidine rings is 1. The zero-order valence-corrected chi connectivity index (χ0v) is 15.9. The number of nitrogens with zero attached hydrogens (tertiary/aromatic N) is 2. The normalized spacial score (nSPS) is 17.2. The summed E-state index contributed by atoms with van der Waals surface area (Å²) in [5.41, 5.74) is 0. The van der Waals surface area contributed by atoms with Crippen molar-refractivity contribution in [2.24, 2.45) is 0 Å². The Morgan fingerprint density at radius 1 is 1.31 bits per heavy atom. The van der Waals surface area contributed by atoms with E-state index in [1.54, 1.807) is 0 Å². The molecule has 1 saturated heterocycles. The first kappa shape index (κ1) is 20.6. The van der Waals surface area contributed by atoms with Gasteiger partial charge in [-0.15, -0.1) is 12.4 Å². The second-order valence-electron chi connectivity index (χ2n) is 6.60. The summed E-state index contributed by atoms with van der Waals surface area (Å²) in [5, 5.41) is 8.87. The third kappa shape index (κ3) is 5.65. The Labute approximate surface area is 160 Å². The van der Waals surface area contributed by atoms with Crippen molar-refractivity contribution in [3.05, 3.63) is 18.2 Å². The molecule has 2 aliphatic heterocycles. The summed E-state index contributed by atoms with van der Waals surface area (Å²) in [5.74, 6) is 1.55. The van der Waals surface area contributed by atoms with E-state index in [-0.39, 0.29) is 25.7 Å². The van der Waals surface area contributed by atoms with Crippen LogP contribution in [0.4, 0.5) is 0 Å². The predicted octanol–water partition coefficient (Wildman–Crippen LogP) is 2.09. The van der Waals surface area contributed by atoms with Gasteiger partial charge in [0.1, 0.15) is 5.75 Å². The number of aliphatic carboxylic acids is 1. The predicted molar refractivity (Wildman–Crippen MR) is 99.7 cm³/mol. The van der Waals surface area contributed by atoms with Gasteiger partial charge in [-0.1, -0.05) is 0 Å². The van der Waals surface area contributed by atoms with Crippen molar-refractivity contribution in [3.63, 3.8) is 0 Å². The Hall–Kier alpha value is -1.70. The molecule has 1 aromatic rings. The largest absolute Gasteiger partial charge is 0.493 e. The van der Waals surface area contributed by atoms with Crippen molar-refractivity contribution < 1.29 is 24.1 Å². The number of ether oxygens (including phenoxy) is 3. The summed E-state index contributed by atoms with van der Waals surface area (Å²) in [6.45, 7) is 4.08. The number of benzene rings is 1. The molecule has 0 atom stereocenters. The van der Waals surface area contributed by atoms with Crippen molar-refractivity contribution in [2.45, 2.75) is 25.3 Å². The quantitative estimate of drug-likeness (QED) is 0.686. The number of hydrogen-bond donors (Lipinski definition) is 1. The molecular formula is C18H27ClN2O5. The van der Waals surface area contributed by atoms with Gasteiger partial charge in [-0.25, -0.2) is 0 Å². The molecule has 1 fully saturated rings. The Morgan fingerprint density at radius 2 is 2.04 bits per heavy atom.